The summed E-state index contributed by atoms with van der Waals surface area (Å²) in [5.41, 5.74) is 0.121. The van der Waals surface area contributed by atoms with Crippen LogP contribution in [0.5, 0.6) is 0 Å². The molecule has 0 fully saturated rings. The molecule has 0 atom stereocenters. The van der Waals surface area contributed by atoms with Crippen LogP contribution in [0, 0.1) is 0 Å². The maximum atomic E-state index is 11.2. The van der Waals surface area contributed by atoms with Gasteiger partial charge in [-0.3, -0.25) is 4.79 Å². The SMILES string of the molecule is CCOC(=O)c1sc(Br)nc1C=O. The molecule has 0 radical (unpaired) electrons. The van der Waals surface area contributed by atoms with Gasteiger partial charge in [-0.2, -0.15) is 0 Å². The molecule has 0 bridgehead atoms. The smallest absolute Gasteiger partial charge is 0.350 e. The molecule has 0 aliphatic rings. The first-order chi connectivity index (χ1) is 6.19. The number of carbonyl (C=O) groups excluding carboxylic acids is 2. The lowest BCUT2D eigenvalue weighted by atomic mass is 10.4. The number of thiazole rings is 1. The van der Waals surface area contributed by atoms with Crippen molar-refractivity contribution in [3.63, 3.8) is 0 Å². The first-order valence-corrected chi connectivity index (χ1v) is 5.08. The minimum Gasteiger partial charge on any atom is -0.462 e. The number of hydrogen-bond acceptors (Lipinski definition) is 5. The van der Waals surface area contributed by atoms with Gasteiger partial charge in [0.05, 0.1) is 6.61 Å². The average molecular weight is 264 g/mol. The maximum Gasteiger partial charge on any atom is 0.350 e. The second kappa shape index (κ2) is 4.48. The molecule has 1 aromatic rings. The summed E-state index contributed by atoms with van der Waals surface area (Å²) in [6.45, 7) is 1.99. The number of aldehydes is 1. The van der Waals surface area contributed by atoms with Crippen LogP contribution >= 0.6 is 27.3 Å². The highest BCUT2D eigenvalue weighted by atomic mass is 79.9. The van der Waals surface area contributed by atoms with Gasteiger partial charge in [-0.15, -0.1) is 0 Å². The second-order valence-electron chi connectivity index (χ2n) is 2.02. The van der Waals surface area contributed by atoms with E-state index >= 15 is 0 Å². The predicted octanol–water partition coefficient (Wildman–Crippen LogP) is 1.89. The quantitative estimate of drug-likeness (QED) is 0.618. The number of esters is 1. The van der Waals surface area contributed by atoms with Crippen LogP contribution in [0.1, 0.15) is 27.1 Å². The lowest BCUT2D eigenvalue weighted by Crippen LogP contribution is -2.05. The monoisotopic (exact) mass is 263 g/mol. The number of rotatable bonds is 3. The molecular weight excluding hydrogens is 258 g/mol. The molecule has 0 aromatic carbocycles. The standard InChI is InChI=1S/C7H6BrNO3S/c1-2-12-6(11)5-4(3-10)9-7(8)13-5/h3H,2H2,1H3. The zero-order valence-electron chi connectivity index (χ0n) is 6.74. The molecule has 0 saturated carbocycles. The third-order valence-corrected chi connectivity index (χ3v) is 2.70. The van der Waals surface area contributed by atoms with E-state index in [1.807, 2.05) is 0 Å². The Bertz CT molecular complexity index is 336. The van der Waals surface area contributed by atoms with Gasteiger partial charge in [0, 0.05) is 0 Å². The normalized spacial score (nSPS) is 9.69. The van der Waals surface area contributed by atoms with Crippen LogP contribution in [0.25, 0.3) is 0 Å². The van der Waals surface area contributed by atoms with E-state index in [1.54, 1.807) is 6.92 Å². The Kier molecular flexibility index (Phi) is 3.56. The van der Waals surface area contributed by atoms with Crippen molar-refractivity contribution >= 4 is 39.5 Å². The molecule has 6 heteroatoms. The molecule has 0 aliphatic carbocycles. The van der Waals surface area contributed by atoms with Crippen LogP contribution in [-0.2, 0) is 4.74 Å². The van der Waals surface area contributed by atoms with Crippen molar-refractivity contribution in [3.05, 3.63) is 14.5 Å². The topological polar surface area (TPSA) is 56.3 Å². The van der Waals surface area contributed by atoms with Gasteiger partial charge in [-0.25, -0.2) is 9.78 Å². The third kappa shape index (κ3) is 2.35. The molecule has 4 nitrogen and oxygen atoms in total. The van der Waals surface area contributed by atoms with Crippen LogP contribution < -0.4 is 0 Å². The molecular formula is C7H6BrNO3S. The minimum atomic E-state index is -0.507. The molecule has 0 saturated heterocycles. The van der Waals surface area contributed by atoms with Crippen molar-refractivity contribution in [3.8, 4) is 0 Å². The van der Waals surface area contributed by atoms with E-state index in [2.05, 4.69) is 20.9 Å². The van der Waals surface area contributed by atoms with E-state index in [9.17, 15) is 9.59 Å². The Balaban J connectivity index is 2.98. The van der Waals surface area contributed by atoms with Crippen molar-refractivity contribution in [1.29, 1.82) is 0 Å². The fourth-order valence-corrected chi connectivity index (χ4v) is 2.06. The Morgan fingerprint density at radius 2 is 2.46 bits per heavy atom. The first kappa shape index (κ1) is 10.3. The lowest BCUT2D eigenvalue weighted by molar-refractivity contribution is 0.0529. The zero-order chi connectivity index (χ0) is 9.84. The molecule has 0 amide bonds. The number of aromatic nitrogens is 1. The molecule has 13 heavy (non-hydrogen) atoms. The van der Waals surface area contributed by atoms with E-state index in [1.165, 1.54) is 0 Å². The largest absolute Gasteiger partial charge is 0.462 e. The van der Waals surface area contributed by atoms with E-state index < -0.39 is 5.97 Å². The number of nitrogens with zero attached hydrogens (tertiary/aromatic N) is 1. The number of carbonyl (C=O) groups is 2. The molecule has 0 spiro atoms. The highest BCUT2D eigenvalue weighted by molar-refractivity contribution is 9.11. The Labute approximate surface area is 87.1 Å². The van der Waals surface area contributed by atoms with Crippen molar-refractivity contribution in [2.24, 2.45) is 0 Å². The summed E-state index contributed by atoms with van der Waals surface area (Å²) in [7, 11) is 0. The second-order valence-corrected chi connectivity index (χ2v) is 4.29. The number of hydrogen-bond donors (Lipinski definition) is 0. The highest BCUT2D eigenvalue weighted by Gasteiger charge is 2.17. The van der Waals surface area contributed by atoms with E-state index in [0.717, 1.165) is 11.3 Å². The van der Waals surface area contributed by atoms with Crippen LogP contribution in [0.3, 0.4) is 0 Å². The maximum absolute atomic E-state index is 11.2. The number of halogens is 1. The predicted molar refractivity (Wildman–Crippen MR) is 51.2 cm³/mol. The summed E-state index contributed by atoms with van der Waals surface area (Å²) in [4.78, 5) is 25.7. The van der Waals surface area contributed by atoms with Crippen LogP contribution in [0.2, 0.25) is 0 Å². The van der Waals surface area contributed by atoms with Gasteiger partial charge in [0.15, 0.2) is 10.2 Å². The van der Waals surface area contributed by atoms with E-state index in [-0.39, 0.29) is 17.2 Å². The summed E-state index contributed by atoms with van der Waals surface area (Å²) < 4.78 is 5.23. The van der Waals surface area contributed by atoms with Crippen LogP contribution in [-0.4, -0.2) is 23.8 Å². The molecule has 0 aliphatic heterocycles. The lowest BCUT2D eigenvalue weighted by Gasteiger charge is -1.96. The first-order valence-electron chi connectivity index (χ1n) is 3.47. The van der Waals surface area contributed by atoms with Gasteiger partial charge in [0.2, 0.25) is 0 Å². The van der Waals surface area contributed by atoms with E-state index in [0.29, 0.717) is 10.2 Å². The van der Waals surface area contributed by atoms with Crippen molar-refractivity contribution in [2.75, 3.05) is 6.61 Å². The Hall–Kier alpha value is -0.750. The molecule has 70 valence electrons. The zero-order valence-corrected chi connectivity index (χ0v) is 9.15. The average Bonchev–Trinajstić information content (AvgIpc) is 2.47. The Morgan fingerprint density at radius 1 is 1.77 bits per heavy atom. The summed E-state index contributed by atoms with van der Waals surface area (Å²) in [6.07, 6.45) is 0.535. The Morgan fingerprint density at radius 3 is 3.00 bits per heavy atom. The van der Waals surface area contributed by atoms with E-state index in [4.69, 9.17) is 4.74 Å². The number of ether oxygens (including phenoxy) is 1. The van der Waals surface area contributed by atoms with Gasteiger partial charge >= 0.3 is 5.97 Å². The fraction of sp³-hybridized carbons (Fsp3) is 0.286. The van der Waals surface area contributed by atoms with Gasteiger partial charge in [-0.05, 0) is 22.9 Å². The molecule has 0 N–H and O–H groups in total. The minimum absolute atomic E-state index is 0.121. The summed E-state index contributed by atoms with van der Waals surface area (Å²) in [6, 6.07) is 0. The van der Waals surface area contributed by atoms with Gasteiger partial charge in [-0.1, -0.05) is 11.3 Å². The summed E-state index contributed by atoms with van der Waals surface area (Å²) in [5, 5.41) is 0. The van der Waals surface area contributed by atoms with Gasteiger partial charge in [0.25, 0.3) is 0 Å². The molecule has 1 rings (SSSR count). The van der Waals surface area contributed by atoms with Crippen molar-refractivity contribution < 1.29 is 14.3 Å². The highest BCUT2D eigenvalue weighted by Crippen LogP contribution is 2.22. The van der Waals surface area contributed by atoms with Gasteiger partial charge < -0.3 is 4.74 Å². The molecule has 1 heterocycles. The van der Waals surface area contributed by atoms with Crippen LogP contribution in [0.15, 0.2) is 3.92 Å². The van der Waals surface area contributed by atoms with Crippen LogP contribution in [0.4, 0.5) is 0 Å². The fourth-order valence-electron chi connectivity index (χ4n) is 0.728. The van der Waals surface area contributed by atoms with Crippen molar-refractivity contribution in [2.45, 2.75) is 6.92 Å². The van der Waals surface area contributed by atoms with Crippen molar-refractivity contribution in [1.82, 2.24) is 4.98 Å². The third-order valence-electron chi connectivity index (χ3n) is 1.20. The summed E-state index contributed by atoms with van der Waals surface area (Å²) in [5.74, 6) is -0.507. The molecule has 1 aromatic heterocycles. The van der Waals surface area contributed by atoms with Gasteiger partial charge in [0.1, 0.15) is 10.6 Å². The molecule has 0 unspecified atom stereocenters. The summed E-state index contributed by atoms with van der Waals surface area (Å²) >= 11 is 4.17.